The topological polar surface area (TPSA) is 105 Å². The van der Waals surface area contributed by atoms with Crippen molar-refractivity contribution >= 4 is 17.1 Å². The average molecular weight is 428 g/mol. The van der Waals surface area contributed by atoms with Crippen LogP contribution in [0.25, 0.3) is 11.2 Å². The molecule has 31 heavy (non-hydrogen) atoms. The number of hydrogen-bond donors (Lipinski definition) is 2. The number of H-pyrrole nitrogens is 1. The van der Waals surface area contributed by atoms with Crippen LogP contribution in [0.2, 0.25) is 0 Å². The van der Waals surface area contributed by atoms with Gasteiger partial charge in [0, 0.05) is 20.1 Å². The predicted molar refractivity (Wildman–Crippen MR) is 119 cm³/mol. The Morgan fingerprint density at radius 3 is 2.74 bits per heavy atom. The molecule has 1 fully saturated rings. The number of rotatable bonds is 7. The first-order valence-electron chi connectivity index (χ1n) is 10.8. The predicted octanol–water partition coefficient (Wildman–Crippen LogP) is 1.42. The van der Waals surface area contributed by atoms with Crippen molar-refractivity contribution in [2.75, 3.05) is 24.6 Å². The van der Waals surface area contributed by atoms with Crippen molar-refractivity contribution in [1.82, 2.24) is 19.1 Å². The van der Waals surface area contributed by atoms with E-state index in [0.29, 0.717) is 17.3 Å². The lowest BCUT2D eigenvalue weighted by Crippen LogP contribution is -2.34. The highest BCUT2D eigenvalue weighted by Gasteiger charge is 2.24. The van der Waals surface area contributed by atoms with Crippen molar-refractivity contribution in [3.05, 3.63) is 50.7 Å². The zero-order valence-corrected chi connectivity index (χ0v) is 18.0. The summed E-state index contributed by atoms with van der Waals surface area (Å²) in [5, 5.41) is 10.7. The van der Waals surface area contributed by atoms with Crippen LogP contribution < -0.4 is 20.9 Å². The van der Waals surface area contributed by atoms with Crippen LogP contribution in [0.4, 0.5) is 5.95 Å². The third kappa shape index (κ3) is 4.36. The Morgan fingerprint density at radius 2 is 2.00 bits per heavy atom. The summed E-state index contributed by atoms with van der Waals surface area (Å²) in [6.07, 6.45) is 3.28. The molecule has 1 saturated heterocycles. The van der Waals surface area contributed by atoms with Crippen LogP contribution in [-0.4, -0.2) is 50.0 Å². The summed E-state index contributed by atoms with van der Waals surface area (Å²) in [6, 6.07) is 7.78. The Kier molecular flexibility index (Phi) is 6.13. The first-order chi connectivity index (χ1) is 15.0. The van der Waals surface area contributed by atoms with E-state index in [1.807, 2.05) is 24.3 Å². The minimum absolute atomic E-state index is 0.0793. The molecule has 0 spiro atoms. The highest BCUT2D eigenvalue weighted by Crippen LogP contribution is 2.23. The zero-order chi connectivity index (χ0) is 22.0. The molecule has 0 saturated carbocycles. The number of nitrogens with one attached hydrogen (secondary N) is 1. The maximum absolute atomic E-state index is 12.6. The van der Waals surface area contributed by atoms with Gasteiger partial charge in [-0.1, -0.05) is 19.1 Å². The van der Waals surface area contributed by atoms with E-state index in [1.54, 1.807) is 11.6 Å². The van der Waals surface area contributed by atoms with Gasteiger partial charge in [0.25, 0.3) is 5.56 Å². The van der Waals surface area contributed by atoms with Gasteiger partial charge in [-0.05, 0) is 43.4 Å². The number of aromatic nitrogens is 4. The van der Waals surface area contributed by atoms with Gasteiger partial charge in [-0.2, -0.15) is 4.98 Å². The van der Waals surface area contributed by atoms with Gasteiger partial charge in [0.15, 0.2) is 11.2 Å². The molecule has 3 heterocycles. The van der Waals surface area contributed by atoms with Gasteiger partial charge < -0.3 is 19.3 Å². The van der Waals surface area contributed by atoms with Crippen molar-refractivity contribution in [3.8, 4) is 5.75 Å². The van der Waals surface area contributed by atoms with Gasteiger partial charge in [0.05, 0.1) is 6.54 Å². The van der Waals surface area contributed by atoms with E-state index in [9.17, 15) is 14.7 Å². The normalized spacial score (nSPS) is 15.4. The Bertz CT molecular complexity index is 1170. The lowest BCUT2D eigenvalue weighted by atomic mass is 10.1. The molecule has 0 amide bonds. The van der Waals surface area contributed by atoms with E-state index in [2.05, 4.69) is 21.8 Å². The number of aryl methyl sites for hydroxylation is 2. The second kappa shape index (κ2) is 8.97. The van der Waals surface area contributed by atoms with Crippen molar-refractivity contribution in [2.45, 2.75) is 45.3 Å². The molecule has 1 aromatic carbocycles. The van der Waals surface area contributed by atoms with Crippen LogP contribution >= 0.6 is 0 Å². The van der Waals surface area contributed by atoms with Crippen LogP contribution in [0.1, 0.15) is 31.7 Å². The Labute approximate surface area is 179 Å². The maximum Gasteiger partial charge on any atom is 0.329 e. The third-order valence-electron chi connectivity index (χ3n) is 5.77. The fourth-order valence-corrected chi connectivity index (χ4v) is 4.04. The maximum atomic E-state index is 12.6. The molecule has 0 radical (unpaired) electrons. The molecule has 166 valence electrons. The van der Waals surface area contributed by atoms with E-state index < -0.39 is 17.4 Å². The molecule has 1 unspecified atom stereocenters. The van der Waals surface area contributed by atoms with Crippen LogP contribution in [0.3, 0.4) is 0 Å². The van der Waals surface area contributed by atoms with Crippen LogP contribution in [-0.2, 0) is 20.0 Å². The first kappa shape index (κ1) is 21.2. The highest BCUT2D eigenvalue weighted by atomic mass is 16.5. The number of aliphatic hydroxyl groups excluding tert-OH is 1. The molecule has 0 aliphatic carbocycles. The average Bonchev–Trinajstić information content (AvgIpc) is 3.16. The van der Waals surface area contributed by atoms with E-state index in [4.69, 9.17) is 4.74 Å². The molecule has 9 nitrogen and oxygen atoms in total. The molecule has 9 heteroatoms. The van der Waals surface area contributed by atoms with Crippen molar-refractivity contribution < 1.29 is 9.84 Å². The van der Waals surface area contributed by atoms with Gasteiger partial charge >= 0.3 is 5.69 Å². The SMILES string of the molecule is CCc1cccc(OCC(O)Cn2c(N3CCCCC3)nc3c2c(=O)[nH]c(=O)n3C)c1. The number of hydrogen-bond acceptors (Lipinski definition) is 6. The molecule has 1 atom stereocenters. The summed E-state index contributed by atoms with van der Waals surface area (Å²) in [6.45, 7) is 3.94. The lowest BCUT2D eigenvalue weighted by molar-refractivity contribution is 0.0935. The summed E-state index contributed by atoms with van der Waals surface area (Å²) in [5.74, 6) is 1.30. The summed E-state index contributed by atoms with van der Waals surface area (Å²) in [4.78, 5) is 33.8. The van der Waals surface area contributed by atoms with Crippen LogP contribution in [0, 0.1) is 0 Å². The second-order valence-electron chi connectivity index (χ2n) is 8.03. The Hall–Kier alpha value is -3.07. The van der Waals surface area contributed by atoms with E-state index in [0.717, 1.165) is 44.3 Å². The number of fused-ring (bicyclic) bond motifs is 1. The lowest BCUT2D eigenvalue weighted by Gasteiger charge is -2.28. The number of aromatic amines is 1. The summed E-state index contributed by atoms with van der Waals surface area (Å²) < 4.78 is 8.84. The van der Waals surface area contributed by atoms with Gasteiger partial charge in [0.1, 0.15) is 18.5 Å². The molecule has 3 aromatic rings. The molecular weight excluding hydrogens is 398 g/mol. The van der Waals surface area contributed by atoms with Gasteiger partial charge in [-0.25, -0.2) is 4.79 Å². The summed E-state index contributed by atoms with van der Waals surface area (Å²) in [7, 11) is 1.58. The fraction of sp³-hybridized carbons (Fsp3) is 0.500. The summed E-state index contributed by atoms with van der Waals surface area (Å²) >= 11 is 0. The Balaban J connectivity index is 1.63. The number of ether oxygens (including phenoxy) is 1. The largest absolute Gasteiger partial charge is 0.491 e. The number of piperidine rings is 1. The number of nitrogens with zero attached hydrogens (tertiary/aromatic N) is 4. The molecule has 2 N–H and O–H groups in total. The number of anilines is 1. The summed E-state index contributed by atoms with van der Waals surface area (Å²) in [5.41, 5.74) is 0.755. The standard InChI is InChI=1S/C22H29N5O4/c1-3-15-8-7-9-17(12-15)31-14-16(28)13-27-18-19(25(2)22(30)24-20(18)29)23-21(27)26-10-5-4-6-11-26/h7-9,12,16,28H,3-6,10-11,13-14H2,1-2H3,(H,24,29,30). The molecular formula is C22H29N5O4. The quantitative estimate of drug-likeness (QED) is 0.591. The Morgan fingerprint density at radius 1 is 1.23 bits per heavy atom. The fourth-order valence-electron chi connectivity index (χ4n) is 4.04. The van der Waals surface area contributed by atoms with Gasteiger partial charge in [-0.15, -0.1) is 0 Å². The molecule has 2 aromatic heterocycles. The molecule has 1 aliphatic heterocycles. The van der Waals surface area contributed by atoms with E-state index in [1.165, 1.54) is 4.57 Å². The van der Waals surface area contributed by atoms with Gasteiger partial charge in [0.2, 0.25) is 5.95 Å². The van der Waals surface area contributed by atoms with Crippen molar-refractivity contribution in [2.24, 2.45) is 7.05 Å². The number of imidazole rings is 1. The molecule has 0 bridgehead atoms. The van der Waals surface area contributed by atoms with Crippen molar-refractivity contribution in [1.29, 1.82) is 0 Å². The zero-order valence-electron chi connectivity index (χ0n) is 18.0. The third-order valence-corrected chi connectivity index (χ3v) is 5.77. The van der Waals surface area contributed by atoms with E-state index >= 15 is 0 Å². The van der Waals surface area contributed by atoms with Crippen molar-refractivity contribution in [3.63, 3.8) is 0 Å². The smallest absolute Gasteiger partial charge is 0.329 e. The second-order valence-corrected chi connectivity index (χ2v) is 8.03. The van der Waals surface area contributed by atoms with E-state index in [-0.39, 0.29) is 18.7 Å². The van der Waals surface area contributed by atoms with Gasteiger partial charge in [-0.3, -0.25) is 14.3 Å². The minimum Gasteiger partial charge on any atom is -0.491 e. The van der Waals surface area contributed by atoms with Crippen LogP contribution in [0.5, 0.6) is 5.75 Å². The molecule has 4 rings (SSSR count). The monoisotopic (exact) mass is 427 g/mol. The van der Waals surface area contributed by atoms with Crippen LogP contribution in [0.15, 0.2) is 33.9 Å². The first-order valence-corrected chi connectivity index (χ1v) is 10.8. The molecule has 1 aliphatic rings. The highest BCUT2D eigenvalue weighted by molar-refractivity contribution is 5.74. The number of aliphatic hydroxyl groups is 1. The minimum atomic E-state index is -0.858. The number of benzene rings is 1.